The Morgan fingerprint density at radius 2 is 2.07 bits per heavy atom. The van der Waals surface area contributed by atoms with Gasteiger partial charge in [-0.05, 0) is 24.3 Å². The van der Waals surface area contributed by atoms with Gasteiger partial charge in [-0.25, -0.2) is 22.3 Å². The van der Waals surface area contributed by atoms with E-state index in [-0.39, 0.29) is 24.9 Å². The van der Waals surface area contributed by atoms with Crippen LogP contribution in [-0.2, 0) is 16.6 Å². The van der Waals surface area contributed by atoms with Gasteiger partial charge in [-0.3, -0.25) is 14.9 Å². The standard InChI is InChI=1S/C18H17F2N5O2S/c1-2-10-3-12-13-7-25(9-23-17(13)6-22-18(12)24-10)8-14-15(19)4-11(5-16(14)20)28(21,26)27/h2-6,18,24H,1,7-9H2,(H2,21,26,27). The van der Waals surface area contributed by atoms with Crippen LogP contribution in [0.2, 0.25) is 0 Å². The Morgan fingerprint density at radius 1 is 1.36 bits per heavy atom. The highest BCUT2D eigenvalue weighted by atomic mass is 32.2. The summed E-state index contributed by atoms with van der Waals surface area (Å²) < 4.78 is 51.4. The maximum atomic E-state index is 14.4. The number of allylic oxidation sites excluding steroid dienone is 1. The number of nitrogens with zero attached hydrogens (tertiary/aromatic N) is 3. The Kier molecular flexibility index (Phi) is 4.48. The number of primary sulfonamides is 1. The Labute approximate surface area is 160 Å². The number of nitrogens with one attached hydrogen (secondary N) is 1. The smallest absolute Gasteiger partial charge is 0.238 e. The van der Waals surface area contributed by atoms with Gasteiger partial charge < -0.3 is 5.32 Å². The van der Waals surface area contributed by atoms with Gasteiger partial charge in [-0.2, -0.15) is 0 Å². The highest BCUT2D eigenvalue weighted by Gasteiger charge is 2.31. The van der Waals surface area contributed by atoms with E-state index in [2.05, 4.69) is 21.9 Å². The van der Waals surface area contributed by atoms with Crippen molar-refractivity contribution in [1.82, 2.24) is 10.2 Å². The lowest BCUT2D eigenvalue weighted by atomic mass is 9.98. The lowest BCUT2D eigenvalue weighted by Crippen LogP contribution is -2.38. The van der Waals surface area contributed by atoms with E-state index in [0.717, 1.165) is 34.7 Å². The first kappa shape index (κ1) is 18.7. The Morgan fingerprint density at radius 3 is 2.71 bits per heavy atom. The summed E-state index contributed by atoms with van der Waals surface area (Å²) in [5, 5.41) is 8.15. The van der Waals surface area contributed by atoms with E-state index in [9.17, 15) is 17.2 Å². The molecule has 1 unspecified atom stereocenters. The largest absolute Gasteiger partial charge is 0.360 e. The summed E-state index contributed by atoms with van der Waals surface area (Å²) in [6.45, 7) is 4.34. The maximum Gasteiger partial charge on any atom is 0.238 e. The van der Waals surface area contributed by atoms with Crippen LogP contribution in [0.4, 0.5) is 8.78 Å². The van der Waals surface area contributed by atoms with Crippen LogP contribution in [-0.4, -0.2) is 44.6 Å². The Hall–Kier alpha value is -2.69. The van der Waals surface area contributed by atoms with Gasteiger partial charge >= 0.3 is 0 Å². The van der Waals surface area contributed by atoms with Crippen molar-refractivity contribution in [3.05, 3.63) is 64.9 Å². The van der Waals surface area contributed by atoms with Crippen molar-refractivity contribution in [2.45, 2.75) is 17.6 Å². The maximum absolute atomic E-state index is 14.4. The zero-order chi connectivity index (χ0) is 20.1. The molecule has 146 valence electrons. The quantitative estimate of drug-likeness (QED) is 0.786. The number of aliphatic imine (C=N–C) groups is 2. The number of halogens is 2. The number of fused-ring (bicyclic) bond motifs is 2. The molecule has 3 aliphatic heterocycles. The summed E-state index contributed by atoms with van der Waals surface area (Å²) in [6, 6.07) is 1.47. The van der Waals surface area contributed by atoms with Crippen molar-refractivity contribution in [3.63, 3.8) is 0 Å². The van der Waals surface area contributed by atoms with Crippen LogP contribution < -0.4 is 10.5 Å². The molecule has 0 aromatic heterocycles. The van der Waals surface area contributed by atoms with Crippen molar-refractivity contribution in [3.8, 4) is 0 Å². The number of dihydropyridines is 1. The number of nitrogens with two attached hydrogens (primary N) is 1. The van der Waals surface area contributed by atoms with Crippen LogP contribution in [0.1, 0.15) is 5.56 Å². The van der Waals surface area contributed by atoms with Gasteiger partial charge in [-0.1, -0.05) is 6.58 Å². The zero-order valence-corrected chi connectivity index (χ0v) is 15.5. The summed E-state index contributed by atoms with van der Waals surface area (Å²) in [5.74, 6) is -1.92. The van der Waals surface area contributed by atoms with Gasteiger partial charge in [0, 0.05) is 41.7 Å². The van der Waals surface area contributed by atoms with Crippen LogP contribution in [0, 0.1) is 11.6 Å². The number of benzene rings is 1. The molecule has 0 fully saturated rings. The van der Waals surface area contributed by atoms with Crippen molar-refractivity contribution >= 4 is 21.9 Å². The molecule has 3 aliphatic rings. The van der Waals surface area contributed by atoms with E-state index in [1.165, 1.54) is 0 Å². The predicted molar refractivity (Wildman–Crippen MR) is 101 cm³/mol. The summed E-state index contributed by atoms with van der Waals surface area (Å²) in [4.78, 5) is 10.0. The van der Waals surface area contributed by atoms with Crippen LogP contribution in [0.3, 0.4) is 0 Å². The lowest BCUT2D eigenvalue weighted by Gasteiger charge is -2.30. The Bertz CT molecular complexity index is 1080. The summed E-state index contributed by atoms with van der Waals surface area (Å²) in [6.07, 6.45) is 5.10. The average Bonchev–Trinajstić information content (AvgIpc) is 3.07. The molecule has 28 heavy (non-hydrogen) atoms. The molecular weight excluding hydrogens is 388 g/mol. The molecule has 0 aliphatic carbocycles. The molecule has 3 heterocycles. The molecule has 0 saturated carbocycles. The van der Waals surface area contributed by atoms with Crippen LogP contribution in [0.25, 0.3) is 0 Å². The van der Waals surface area contributed by atoms with E-state index in [1.807, 2.05) is 6.08 Å². The second kappa shape index (κ2) is 6.73. The van der Waals surface area contributed by atoms with Crippen LogP contribution in [0.15, 0.2) is 62.6 Å². The van der Waals surface area contributed by atoms with Gasteiger partial charge in [0.1, 0.15) is 17.8 Å². The molecule has 7 nitrogen and oxygen atoms in total. The van der Waals surface area contributed by atoms with E-state index in [1.54, 1.807) is 17.2 Å². The van der Waals surface area contributed by atoms with Gasteiger partial charge in [0.25, 0.3) is 0 Å². The molecule has 0 radical (unpaired) electrons. The van der Waals surface area contributed by atoms with E-state index >= 15 is 0 Å². The van der Waals surface area contributed by atoms with Crippen molar-refractivity contribution < 1.29 is 17.2 Å². The van der Waals surface area contributed by atoms with Crippen molar-refractivity contribution in [2.75, 3.05) is 13.2 Å². The topological polar surface area (TPSA) is 100 Å². The first-order valence-corrected chi connectivity index (χ1v) is 9.95. The number of hydrogen-bond acceptors (Lipinski definition) is 6. The lowest BCUT2D eigenvalue weighted by molar-refractivity contribution is 0.283. The molecule has 4 rings (SSSR count). The van der Waals surface area contributed by atoms with Gasteiger partial charge in [0.15, 0.2) is 0 Å². The molecule has 0 saturated heterocycles. The highest BCUT2D eigenvalue weighted by Crippen LogP contribution is 2.28. The minimum atomic E-state index is -4.19. The fourth-order valence-corrected chi connectivity index (χ4v) is 3.90. The van der Waals surface area contributed by atoms with Crippen LogP contribution in [0.5, 0.6) is 0 Å². The second-order valence-corrected chi connectivity index (χ2v) is 8.21. The molecule has 0 amide bonds. The third-order valence-electron chi connectivity index (χ3n) is 4.78. The third-order valence-corrected chi connectivity index (χ3v) is 5.67. The van der Waals surface area contributed by atoms with Crippen LogP contribution >= 0.6 is 0 Å². The van der Waals surface area contributed by atoms with Gasteiger partial charge in [0.05, 0.1) is 17.3 Å². The molecular formula is C18H17F2N5O2S. The second-order valence-electron chi connectivity index (χ2n) is 6.65. The number of sulfonamides is 1. The van der Waals surface area contributed by atoms with Crippen molar-refractivity contribution in [2.24, 2.45) is 15.1 Å². The molecule has 0 spiro atoms. The summed E-state index contributed by atoms with van der Waals surface area (Å²) in [7, 11) is -4.19. The SMILES string of the molecule is C=CC1=CC2=C3CN(Cc4c(F)cc(S(N)(=O)=O)cc4F)CN=C3C=NC2N1. The first-order chi connectivity index (χ1) is 13.3. The van der Waals surface area contributed by atoms with Gasteiger partial charge in [-0.15, -0.1) is 0 Å². The molecule has 3 N–H and O–H groups in total. The van der Waals surface area contributed by atoms with E-state index in [0.29, 0.717) is 6.54 Å². The first-order valence-electron chi connectivity index (χ1n) is 8.41. The highest BCUT2D eigenvalue weighted by molar-refractivity contribution is 7.89. The molecule has 10 heteroatoms. The van der Waals surface area contributed by atoms with Crippen molar-refractivity contribution in [1.29, 1.82) is 0 Å². The minimum absolute atomic E-state index is 0.0661. The average molecular weight is 405 g/mol. The van der Waals surface area contributed by atoms with E-state index in [4.69, 9.17) is 5.14 Å². The number of rotatable bonds is 4. The third kappa shape index (κ3) is 3.30. The number of hydrogen-bond donors (Lipinski definition) is 2. The fraction of sp³-hybridized carbons (Fsp3) is 0.222. The fourth-order valence-electron chi connectivity index (χ4n) is 3.37. The normalized spacial score (nSPS) is 21.6. The molecule has 1 aromatic carbocycles. The Balaban J connectivity index is 1.63. The minimum Gasteiger partial charge on any atom is -0.360 e. The monoisotopic (exact) mass is 405 g/mol. The predicted octanol–water partition coefficient (Wildman–Crippen LogP) is 1.21. The molecule has 1 atom stereocenters. The molecule has 0 bridgehead atoms. The van der Waals surface area contributed by atoms with Gasteiger partial charge in [0.2, 0.25) is 10.0 Å². The summed E-state index contributed by atoms with van der Waals surface area (Å²) >= 11 is 0. The zero-order valence-electron chi connectivity index (χ0n) is 14.7. The summed E-state index contributed by atoms with van der Waals surface area (Å²) in [5.41, 5.74) is 3.24. The molecule has 1 aromatic rings. The van der Waals surface area contributed by atoms with E-state index < -0.39 is 26.6 Å².